The molecule has 5 aromatic rings. The molecular formula is C31H24BrN3O3S. The van der Waals surface area contributed by atoms with Crippen LogP contribution in [0.3, 0.4) is 0 Å². The molecule has 0 saturated carbocycles. The van der Waals surface area contributed by atoms with Gasteiger partial charge in [0.1, 0.15) is 34.8 Å². The molecule has 0 aliphatic carbocycles. The topological polar surface area (TPSA) is 59.8 Å². The number of pyridine rings is 1. The highest BCUT2D eigenvalue weighted by Crippen LogP contribution is 2.43. The maximum atomic E-state index is 6.45. The molecular weight excluding hydrogens is 574 g/mol. The lowest BCUT2D eigenvalue weighted by Crippen LogP contribution is -2.29. The summed E-state index contributed by atoms with van der Waals surface area (Å²) in [6.07, 6.45) is 1.79. The number of ether oxygens (including phenoxy) is 2. The van der Waals surface area contributed by atoms with Gasteiger partial charge in [0.05, 0.1) is 18.8 Å². The average molecular weight is 599 g/mol. The maximum Gasteiger partial charge on any atom is 0.174 e. The second-order valence-corrected chi connectivity index (χ2v) is 10.3. The predicted octanol–water partition coefficient (Wildman–Crippen LogP) is 8.08. The zero-order valence-corrected chi connectivity index (χ0v) is 23.4. The molecule has 8 heteroatoms. The number of aromatic nitrogens is 1. The molecule has 0 bridgehead atoms. The minimum Gasteiger partial charge on any atom is -0.497 e. The van der Waals surface area contributed by atoms with Gasteiger partial charge in [-0.15, -0.1) is 0 Å². The highest BCUT2D eigenvalue weighted by Gasteiger charge is 2.42. The van der Waals surface area contributed by atoms with Crippen molar-refractivity contribution in [2.75, 3.05) is 12.0 Å². The molecule has 1 aliphatic heterocycles. The molecule has 3 heterocycles. The molecule has 1 aliphatic rings. The van der Waals surface area contributed by atoms with Crippen LogP contribution in [0, 0.1) is 0 Å². The van der Waals surface area contributed by atoms with Gasteiger partial charge in [-0.25, -0.2) is 0 Å². The van der Waals surface area contributed by atoms with Crippen LogP contribution < -0.4 is 19.7 Å². The van der Waals surface area contributed by atoms with E-state index in [2.05, 4.69) is 31.1 Å². The molecule has 3 aromatic carbocycles. The fraction of sp³-hybridized carbons (Fsp3) is 0.0968. The number of halogens is 1. The first-order chi connectivity index (χ1) is 19.1. The molecule has 194 valence electrons. The first-order valence-electron chi connectivity index (χ1n) is 12.4. The van der Waals surface area contributed by atoms with E-state index < -0.39 is 0 Å². The lowest BCUT2D eigenvalue weighted by atomic mass is 10.0. The number of anilines is 1. The van der Waals surface area contributed by atoms with Crippen molar-refractivity contribution in [1.82, 2.24) is 10.3 Å². The second kappa shape index (κ2) is 10.9. The lowest BCUT2D eigenvalue weighted by molar-refractivity contribution is 0.413. The summed E-state index contributed by atoms with van der Waals surface area (Å²) < 4.78 is 18.7. The molecule has 0 unspecified atom stereocenters. The molecule has 6 rings (SSSR count). The summed E-state index contributed by atoms with van der Waals surface area (Å²) in [7, 11) is 1.64. The monoisotopic (exact) mass is 597 g/mol. The van der Waals surface area contributed by atoms with Crippen LogP contribution in [0.25, 0.3) is 11.3 Å². The second-order valence-electron chi connectivity index (χ2n) is 8.98. The Morgan fingerprint density at radius 3 is 2.21 bits per heavy atom. The van der Waals surface area contributed by atoms with Crippen molar-refractivity contribution in [1.29, 1.82) is 0 Å². The number of rotatable bonds is 7. The third-order valence-corrected chi connectivity index (χ3v) is 7.40. The van der Waals surface area contributed by atoms with Crippen molar-refractivity contribution in [3.63, 3.8) is 0 Å². The fourth-order valence-electron chi connectivity index (χ4n) is 4.66. The number of nitrogens with one attached hydrogen (secondary N) is 1. The number of hydrogen-bond donors (Lipinski definition) is 1. The fourth-order valence-corrected chi connectivity index (χ4v) is 5.27. The molecule has 1 N–H and O–H groups in total. The maximum absolute atomic E-state index is 6.45. The third-order valence-electron chi connectivity index (χ3n) is 6.56. The van der Waals surface area contributed by atoms with E-state index in [1.807, 2.05) is 103 Å². The van der Waals surface area contributed by atoms with Crippen LogP contribution in [0.5, 0.6) is 17.2 Å². The molecule has 39 heavy (non-hydrogen) atoms. The summed E-state index contributed by atoms with van der Waals surface area (Å²) in [5.41, 5.74) is 2.80. The highest BCUT2D eigenvalue weighted by atomic mass is 79.9. The standard InChI is InChI=1S/C31H24BrN3O3S/c1-36-23-13-15-25(16-14-23)37-24-11-9-22(10-12-24)35-30(29(34-31(35)39)26-4-2-3-19-33-26)28-18-17-27(38-28)20-5-7-21(32)8-6-20/h2-19,29-30H,1H3,(H,34,39)/t29-,30-/m1/s1. The number of thiocarbonyl (C=S) groups is 1. The van der Waals surface area contributed by atoms with Crippen LogP contribution in [0.15, 0.2) is 118 Å². The van der Waals surface area contributed by atoms with Gasteiger partial charge in [-0.1, -0.05) is 34.1 Å². The average Bonchev–Trinajstić information content (AvgIpc) is 3.59. The van der Waals surface area contributed by atoms with Crippen molar-refractivity contribution >= 4 is 38.9 Å². The first-order valence-corrected chi connectivity index (χ1v) is 13.6. The lowest BCUT2D eigenvalue weighted by Gasteiger charge is -2.26. The van der Waals surface area contributed by atoms with Crippen molar-refractivity contribution in [3.8, 4) is 28.6 Å². The van der Waals surface area contributed by atoms with Gasteiger partial charge in [0.15, 0.2) is 5.11 Å². The molecule has 1 fully saturated rings. The Bertz CT molecular complexity index is 1570. The Morgan fingerprint density at radius 1 is 0.846 bits per heavy atom. The molecule has 6 nitrogen and oxygen atoms in total. The van der Waals surface area contributed by atoms with Gasteiger partial charge in [0.2, 0.25) is 0 Å². The largest absolute Gasteiger partial charge is 0.497 e. The summed E-state index contributed by atoms with van der Waals surface area (Å²) in [6.45, 7) is 0. The molecule has 0 amide bonds. The quantitative estimate of drug-likeness (QED) is 0.190. The van der Waals surface area contributed by atoms with Gasteiger partial charge >= 0.3 is 0 Å². The van der Waals surface area contributed by atoms with Crippen LogP contribution >= 0.6 is 28.1 Å². The molecule has 0 radical (unpaired) electrons. The third kappa shape index (κ3) is 5.26. The Hall–Kier alpha value is -4.14. The van der Waals surface area contributed by atoms with E-state index in [4.69, 9.17) is 26.1 Å². The van der Waals surface area contributed by atoms with Crippen molar-refractivity contribution in [2.24, 2.45) is 0 Å². The number of nitrogens with zero attached hydrogens (tertiary/aromatic N) is 2. The highest BCUT2D eigenvalue weighted by molar-refractivity contribution is 9.10. The van der Waals surface area contributed by atoms with E-state index in [9.17, 15) is 0 Å². The number of hydrogen-bond acceptors (Lipinski definition) is 5. The minimum absolute atomic E-state index is 0.196. The summed E-state index contributed by atoms with van der Waals surface area (Å²) in [5.74, 6) is 3.80. The smallest absolute Gasteiger partial charge is 0.174 e. The minimum atomic E-state index is -0.245. The Balaban J connectivity index is 1.32. The Morgan fingerprint density at radius 2 is 1.54 bits per heavy atom. The summed E-state index contributed by atoms with van der Waals surface area (Å²) in [6, 6.07) is 32.9. The Kier molecular flexibility index (Phi) is 7.04. The zero-order valence-electron chi connectivity index (χ0n) is 21.0. The SMILES string of the molecule is COc1ccc(Oc2ccc(N3C(=S)N[C@H](c4ccccn4)[C@H]3c3ccc(-c4ccc(Br)cc4)o3)cc2)cc1. The zero-order chi connectivity index (χ0) is 26.8. The van der Waals surface area contributed by atoms with Crippen molar-refractivity contribution in [3.05, 3.63) is 125 Å². The van der Waals surface area contributed by atoms with Gasteiger partial charge in [-0.3, -0.25) is 4.98 Å². The van der Waals surface area contributed by atoms with Crippen LogP contribution in [0.2, 0.25) is 0 Å². The molecule has 0 spiro atoms. The number of benzene rings is 3. The predicted molar refractivity (Wildman–Crippen MR) is 159 cm³/mol. The van der Waals surface area contributed by atoms with Crippen molar-refractivity contribution in [2.45, 2.75) is 12.1 Å². The van der Waals surface area contributed by atoms with E-state index in [1.165, 1.54) is 0 Å². The van der Waals surface area contributed by atoms with Gasteiger partial charge in [-0.2, -0.15) is 0 Å². The summed E-state index contributed by atoms with van der Waals surface area (Å²) >= 11 is 9.35. The number of methoxy groups -OCH3 is 1. The van der Waals surface area contributed by atoms with E-state index >= 15 is 0 Å². The molecule has 2 atom stereocenters. The van der Waals surface area contributed by atoms with E-state index in [1.54, 1.807) is 13.3 Å². The van der Waals surface area contributed by atoms with Crippen molar-refractivity contribution < 1.29 is 13.9 Å². The van der Waals surface area contributed by atoms with Gasteiger partial charge in [0, 0.05) is 21.9 Å². The number of furan rings is 1. The normalized spacial score (nSPS) is 16.7. The molecule has 2 aromatic heterocycles. The van der Waals surface area contributed by atoms with Crippen LogP contribution in [-0.2, 0) is 0 Å². The van der Waals surface area contributed by atoms with Crippen LogP contribution in [0.4, 0.5) is 5.69 Å². The Labute approximate surface area is 240 Å². The van der Waals surface area contributed by atoms with E-state index in [0.717, 1.165) is 50.2 Å². The van der Waals surface area contributed by atoms with Crippen LogP contribution in [-0.4, -0.2) is 17.2 Å². The summed E-state index contributed by atoms with van der Waals surface area (Å²) in [5, 5.41) is 4.07. The summed E-state index contributed by atoms with van der Waals surface area (Å²) in [4.78, 5) is 6.70. The van der Waals surface area contributed by atoms with E-state index in [0.29, 0.717) is 5.11 Å². The van der Waals surface area contributed by atoms with Crippen LogP contribution in [0.1, 0.15) is 23.5 Å². The van der Waals surface area contributed by atoms with Gasteiger partial charge < -0.3 is 24.1 Å². The first kappa shape index (κ1) is 25.2. The van der Waals surface area contributed by atoms with Gasteiger partial charge in [-0.05, 0) is 97.1 Å². The van der Waals surface area contributed by atoms with E-state index in [-0.39, 0.29) is 12.1 Å². The van der Waals surface area contributed by atoms with Gasteiger partial charge in [0.25, 0.3) is 0 Å². The molecule has 1 saturated heterocycles.